The predicted molar refractivity (Wildman–Crippen MR) is 111 cm³/mol. The summed E-state index contributed by atoms with van der Waals surface area (Å²) in [6.07, 6.45) is 2.41. The molecule has 1 aliphatic carbocycles. The van der Waals surface area contributed by atoms with Crippen molar-refractivity contribution in [1.29, 1.82) is 0 Å². The van der Waals surface area contributed by atoms with Crippen molar-refractivity contribution in [3.8, 4) is 0 Å². The first kappa shape index (κ1) is 20.9. The van der Waals surface area contributed by atoms with E-state index in [9.17, 15) is 18.0 Å². The molecule has 3 aromatic rings. The van der Waals surface area contributed by atoms with Gasteiger partial charge >= 0.3 is 6.18 Å². The van der Waals surface area contributed by atoms with E-state index in [1.165, 1.54) is 6.07 Å². The topological polar surface area (TPSA) is 63.4 Å². The van der Waals surface area contributed by atoms with Gasteiger partial charge in [0.1, 0.15) is 0 Å². The molecule has 0 radical (unpaired) electrons. The summed E-state index contributed by atoms with van der Waals surface area (Å²) in [7, 11) is 0. The van der Waals surface area contributed by atoms with E-state index in [0.29, 0.717) is 37.3 Å². The van der Waals surface area contributed by atoms with E-state index in [4.69, 9.17) is 0 Å². The van der Waals surface area contributed by atoms with E-state index >= 15 is 0 Å². The molecule has 1 saturated heterocycles. The van der Waals surface area contributed by atoms with Crippen molar-refractivity contribution in [1.82, 2.24) is 24.5 Å². The zero-order valence-electron chi connectivity index (χ0n) is 17.7. The Balaban J connectivity index is 1.29. The third-order valence-corrected chi connectivity index (χ3v) is 6.72. The third kappa shape index (κ3) is 3.73. The van der Waals surface area contributed by atoms with Crippen molar-refractivity contribution in [2.45, 2.75) is 44.7 Å². The van der Waals surface area contributed by atoms with Gasteiger partial charge in [-0.05, 0) is 54.2 Å². The van der Waals surface area contributed by atoms with Gasteiger partial charge < -0.3 is 4.90 Å². The highest BCUT2D eigenvalue weighted by molar-refractivity contribution is 5.91. The summed E-state index contributed by atoms with van der Waals surface area (Å²) in [4.78, 5) is 23.3. The second-order valence-electron chi connectivity index (χ2n) is 8.88. The van der Waals surface area contributed by atoms with Crippen molar-refractivity contribution in [2.24, 2.45) is 11.8 Å². The van der Waals surface area contributed by atoms with Crippen LogP contribution in [0.4, 0.5) is 13.2 Å². The molecular weight excluding hydrogens is 419 g/mol. The number of fused-ring (bicyclic) bond motifs is 2. The van der Waals surface area contributed by atoms with Gasteiger partial charge in [0.15, 0.2) is 0 Å². The van der Waals surface area contributed by atoms with Gasteiger partial charge in [-0.2, -0.15) is 18.2 Å². The number of carbonyl (C=O) groups excluding carboxylic acids is 1. The number of amides is 1. The summed E-state index contributed by atoms with van der Waals surface area (Å²) in [6, 6.07) is 5.86. The largest absolute Gasteiger partial charge is 0.416 e. The van der Waals surface area contributed by atoms with Gasteiger partial charge in [0.2, 0.25) is 5.82 Å². The van der Waals surface area contributed by atoms with Crippen LogP contribution in [0.1, 0.15) is 59.4 Å². The first-order valence-corrected chi connectivity index (χ1v) is 11.0. The van der Waals surface area contributed by atoms with Crippen LogP contribution in [0, 0.1) is 11.8 Å². The Hall–Kier alpha value is -2.97. The fraction of sp³-hybridized carbons (Fsp3) is 0.478. The number of benzene rings is 1. The number of aryl methyl sites for hydroxylation is 1. The summed E-state index contributed by atoms with van der Waals surface area (Å²) in [6.45, 7) is 3.13. The first-order chi connectivity index (χ1) is 15.3. The number of hydrogen-bond donors (Lipinski definition) is 0. The van der Waals surface area contributed by atoms with Gasteiger partial charge in [-0.25, -0.2) is 9.50 Å². The number of rotatable bonds is 4. The number of alkyl halides is 3. The van der Waals surface area contributed by atoms with Crippen LogP contribution in [0.5, 0.6) is 0 Å². The van der Waals surface area contributed by atoms with Crippen LogP contribution in [0.2, 0.25) is 0 Å². The fourth-order valence-electron chi connectivity index (χ4n) is 5.30. The van der Waals surface area contributed by atoms with Crippen molar-refractivity contribution in [3.63, 3.8) is 0 Å². The van der Waals surface area contributed by atoms with Crippen molar-refractivity contribution in [3.05, 3.63) is 59.2 Å². The van der Waals surface area contributed by atoms with Crippen molar-refractivity contribution < 1.29 is 18.0 Å². The monoisotopic (exact) mass is 443 g/mol. The lowest BCUT2D eigenvalue weighted by atomic mass is 9.91. The van der Waals surface area contributed by atoms with E-state index in [1.54, 1.807) is 27.7 Å². The number of nitrogens with zero attached hydrogens (tertiary/aromatic N) is 5. The second kappa shape index (κ2) is 7.86. The smallest absolute Gasteiger partial charge is 0.335 e. The Bertz CT molecular complexity index is 1140. The molecular formula is C23H24F3N5O. The Morgan fingerprint density at radius 3 is 2.56 bits per heavy atom. The molecule has 9 heteroatoms. The highest BCUT2D eigenvalue weighted by atomic mass is 19.4. The quantitative estimate of drug-likeness (QED) is 0.601. The zero-order chi connectivity index (χ0) is 22.5. The number of carbonyl (C=O) groups is 1. The minimum atomic E-state index is -4.35. The molecule has 1 aromatic carbocycles. The van der Waals surface area contributed by atoms with Crippen LogP contribution in [0.25, 0.3) is 5.78 Å². The van der Waals surface area contributed by atoms with Crippen LogP contribution in [0.15, 0.2) is 36.7 Å². The van der Waals surface area contributed by atoms with E-state index in [0.717, 1.165) is 24.5 Å². The molecule has 5 rings (SSSR count). The van der Waals surface area contributed by atoms with Gasteiger partial charge in [0.05, 0.1) is 5.56 Å². The lowest BCUT2D eigenvalue weighted by Crippen LogP contribution is -2.30. The summed E-state index contributed by atoms with van der Waals surface area (Å²) < 4.78 is 41.8. The molecule has 2 aliphatic rings. The average Bonchev–Trinajstić information content (AvgIpc) is 3.45. The molecule has 1 aliphatic heterocycles. The van der Waals surface area contributed by atoms with Gasteiger partial charge in [-0.1, -0.05) is 31.5 Å². The van der Waals surface area contributed by atoms with Gasteiger partial charge in [0.25, 0.3) is 11.7 Å². The molecule has 0 unspecified atom stereocenters. The summed E-state index contributed by atoms with van der Waals surface area (Å²) in [5.41, 5.74) is 0.870. The molecule has 3 atom stereocenters. The van der Waals surface area contributed by atoms with Crippen LogP contribution >= 0.6 is 0 Å². The van der Waals surface area contributed by atoms with Gasteiger partial charge in [0, 0.05) is 25.5 Å². The minimum Gasteiger partial charge on any atom is -0.335 e. The van der Waals surface area contributed by atoms with Crippen LogP contribution in [-0.2, 0) is 12.6 Å². The normalized spacial score (nSPS) is 23.1. The Labute approximate surface area is 183 Å². The van der Waals surface area contributed by atoms with Crippen molar-refractivity contribution in [2.75, 3.05) is 13.1 Å². The molecule has 32 heavy (non-hydrogen) atoms. The molecule has 2 aromatic heterocycles. The van der Waals surface area contributed by atoms with E-state index in [-0.39, 0.29) is 29.5 Å². The highest BCUT2D eigenvalue weighted by Gasteiger charge is 2.45. The lowest BCUT2D eigenvalue weighted by Gasteiger charge is -2.21. The molecule has 1 amide bonds. The Morgan fingerprint density at radius 2 is 1.88 bits per heavy atom. The number of aromatic nitrogens is 4. The summed E-state index contributed by atoms with van der Waals surface area (Å²) in [5, 5.41) is 4.32. The van der Waals surface area contributed by atoms with E-state index in [1.807, 2.05) is 6.20 Å². The molecule has 168 valence electrons. The molecule has 6 nitrogen and oxygen atoms in total. The SMILES string of the molecule is CCCc1cnc2nc(C(=O)N3C[C@H]4C[C@@H](c5ccccc5C(F)(F)F)C[C@H]4C3)nn2c1. The number of likely N-dealkylation sites (tertiary alicyclic amines) is 1. The molecule has 2 fully saturated rings. The number of halogens is 3. The van der Waals surface area contributed by atoms with E-state index < -0.39 is 11.7 Å². The van der Waals surface area contributed by atoms with Crippen molar-refractivity contribution >= 4 is 11.7 Å². The molecule has 3 heterocycles. The summed E-state index contributed by atoms with van der Waals surface area (Å²) >= 11 is 0. The first-order valence-electron chi connectivity index (χ1n) is 11.0. The summed E-state index contributed by atoms with van der Waals surface area (Å²) in [5.74, 6) is 0.512. The van der Waals surface area contributed by atoms with Crippen LogP contribution in [-0.4, -0.2) is 43.5 Å². The molecule has 0 N–H and O–H groups in total. The lowest BCUT2D eigenvalue weighted by molar-refractivity contribution is -0.138. The Kier molecular flexibility index (Phi) is 5.14. The van der Waals surface area contributed by atoms with Crippen LogP contribution < -0.4 is 0 Å². The molecule has 0 bridgehead atoms. The maximum Gasteiger partial charge on any atom is 0.416 e. The van der Waals surface area contributed by atoms with Gasteiger partial charge in [-0.3, -0.25) is 4.79 Å². The standard InChI is InChI=1S/C23H24F3N5O/c1-2-5-14-10-27-22-28-20(29-31(22)11-14)21(32)30-12-16-8-15(9-17(16)13-30)18-6-3-4-7-19(18)23(24,25)26/h3-4,6-7,10-11,15-17H,2,5,8-9,12-13H2,1H3/t15-,16-,17+. The fourth-order valence-corrected chi connectivity index (χ4v) is 5.30. The Morgan fingerprint density at radius 1 is 1.16 bits per heavy atom. The average molecular weight is 443 g/mol. The second-order valence-corrected chi connectivity index (χ2v) is 8.88. The minimum absolute atomic E-state index is 0.116. The van der Waals surface area contributed by atoms with Crippen LogP contribution in [0.3, 0.4) is 0 Å². The predicted octanol–water partition coefficient (Wildman–Crippen LogP) is 4.36. The molecule has 1 saturated carbocycles. The zero-order valence-corrected chi connectivity index (χ0v) is 17.7. The number of hydrogen-bond acceptors (Lipinski definition) is 4. The maximum absolute atomic E-state index is 13.4. The highest BCUT2D eigenvalue weighted by Crippen LogP contribution is 2.48. The van der Waals surface area contributed by atoms with Gasteiger partial charge in [-0.15, -0.1) is 5.10 Å². The van der Waals surface area contributed by atoms with E-state index in [2.05, 4.69) is 22.0 Å². The molecule has 0 spiro atoms. The maximum atomic E-state index is 13.4. The third-order valence-electron chi connectivity index (χ3n) is 6.72.